The number of anilines is 1. The van der Waals surface area contributed by atoms with Crippen LogP contribution in [0.15, 0.2) is 47.6 Å². The number of amides is 1. The lowest BCUT2D eigenvalue weighted by Gasteiger charge is -2.12. The van der Waals surface area contributed by atoms with Gasteiger partial charge in [-0.3, -0.25) is 4.79 Å². The Morgan fingerprint density at radius 2 is 1.87 bits per heavy atom. The van der Waals surface area contributed by atoms with Crippen molar-refractivity contribution >= 4 is 23.4 Å². The Balaban J connectivity index is 1.69. The van der Waals surface area contributed by atoms with Gasteiger partial charge >= 0.3 is 6.36 Å². The zero-order valence-electron chi connectivity index (χ0n) is 15.0. The van der Waals surface area contributed by atoms with Gasteiger partial charge in [-0.15, -0.1) is 18.3 Å². The Kier molecular flexibility index (Phi) is 6.20. The maximum Gasteiger partial charge on any atom is 0.573 e. The number of alkyl halides is 3. The molecule has 0 radical (unpaired) electrons. The number of nitrogens with zero attached hydrogens (tertiary/aromatic N) is 4. The third-order valence-corrected chi connectivity index (χ3v) is 4.63. The van der Waals surface area contributed by atoms with E-state index in [4.69, 9.17) is 0 Å². The molecule has 1 amide bonds. The van der Waals surface area contributed by atoms with E-state index in [0.29, 0.717) is 11.8 Å². The molecule has 0 saturated heterocycles. The molecule has 0 aliphatic carbocycles. The molecule has 0 fully saturated rings. The normalized spacial score (nSPS) is 12.5. The summed E-state index contributed by atoms with van der Waals surface area (Å²) in [5, 5.41) is 12.7. The van der Waals surface area contributed by atoms with E-state index in [1.807, 2.05) is 0 Å². The van der Waals surface area contributed by atoms with Gasteiger partial charge < -0.3 is 10.1 Å². The summed E-state index contributed by atoms with van der Waals surface area (Å²) in [5.41, 5.74) is 0.142. The number of halogens is 5. The molecule has 0 saturated carbocycles. The van der Waals surface area contributed by atoms with Gasteiger partial charge in [-0.1, -0.05) is 11.8 Å². The molecular formula is C17H12F5N5O2S. The molecule has 1 heterocycles. The van der Waals surface area contributed by atoms with Crippen molar-refractivity contribution in [3.05, 3.63) is 54.1 Å². The van der Waals surface area contributed by atoms with Crippen LogP contribution in [0.25, 0.3) is 5.69 Å². The summed E-state index contributed by atoms with van der Waals surface area (Å²) in [6, 6.07) is 7.52. The second-order valence-corrected chi connectivity index (χ2v) is 7.10. The number of aromatic nitrogens is 4. The van der Waals surface area contributed by atoms with Crippen molar-refractivity contribution in [1.82, 2.24) is 20.2 Å². The molecule has 13 heteroatoms. The fourth-order valence-electron chi connectivity index (χ4n) is 2.24. The zero-order valence-corrected chi connectivity index (χ0v) is 15.8. The van der Waals surface area contributed by atoms with E-state index in [0.717, 1.165) is 36.0 Å². The van der Waals surface area contributed by atoms with E-state index in [2.05, 4.69) is 25.6 Å². The van der Waals surface area contributed by atoms with Crippen molar-refractivity contribution in [2.45, 2.75) is 23.7 Å². The summed E-state index contributed by atoms with van der Waals surface area (Å²) in [6.45, 7) is 1.51. The lowest BCUT2D eigenvalue weighted by Crippen LogP contribution is -2.23. The van der Waals surface area contributed by atoms with E-state index in [1.54, 1.807) is 0 Å². The van der Waals surface area contributed by atoms with Crippen molar-refractivity contribution in [1.29, 1.82) is 0 Å². The molecule has 2 aromatic carbocycles. The van der Waals surface area contributed by atoms with Crippen LogP contribution < -0.4 is 10.1 Å². The monoisotopic (exact) mass is 445 g/mol. The summed E-state index contributed by atoms with van der Waals surface area (Å²) >= 11 is 0.929. The SMILES string of the molecule is CC(Sc1nnnn1-c1ccc(OC(F)(F)F)cc1)C(=O)Nc1ccc(F)cc1F. The fourth-order valence-corrected chi connectivity index (χ4v) is 3.05. The summed E-state index contributed by atoms with van der Waals surface area (Å²) in [6.07, 6.45) is -4.82. The van der Waals surface area contributed by atoms with Crippen LogP contribution in [0.3, 0.4) is 0 Å². The van der Waals surface area contributed by atoms with Gasteiger partial charge in [-0.05, 0) is 53.7 Å². The zero-order chi connectivity index (χ0) is 21.9. The minimum absolute atomic E-state index is 0.168. The molecule has 0 bridgehead atoms. The molecule has 1 unspecified atom stereocenters. The molecule has 7 nitrogen and oxygen atoms in total. The van der Waals surface area contributed by atoms with Crippen LogP contribution in [0.5, 0.6) is 5.75 Å². The summed E-state index contributed by atoms with van der Waals surface area (Å²) in [5.74, 6) is -2.71. The molecule has 1 atom stereocenters. The Bertz CT molecular complexity index is 1040. The van der Waals surface area contributed by atoms with Gasteiger partial charge in [0, 0.05) is 6.07 Å². The predicted molar refractivity (Wildman–Crippen MR) is 96.1 cm³/mol. The van der Waals surface area contributed by atoms with Gasteiger partial charge in [0.1, 0.15) is 17.4 Å². The number of rotatable bonds is 6. The van der Waals surface area contributed by atoms with E-state index >= 15 is 0 Å². The number of carbonyl (C=O) groups excluding carboxylic acids is 1. The first-order chi connectivity index (χ1) is 14.1. The predicted octanol–water partition coefficient (Wildman–Crippen LogP) is 3.96. The Morgan fingerprint density at radius 1 is 1.17 bits per heavy atom. The average molecular weight is 445 g/mol. The molecule has 0 aliphatic heterocycles. The highest BCUT2D eigenvalue weighted by molar-refractivity contribution is 8.00. The minimum Gasteiger partial charge on any atom is -0.406 e. The van der Waals surface area contributed by atoms with Gasteiger partial charge in [-0.25, -0.2) is 8.78 Å². The number of ether oxygens (including phenoxy) is 1. The molecular weight excluding hydrogens is 433 g/mol. The minimum atomic E-state index is -4.82. The van der Waals surface area contributed by atoms with Gasteiger partial charge in [0.2, 0.25) is 11.1 Å². The van der Waals surface area contributed by atoms with Gasteiger partial charge in [0.15, 0.2) is 0 Å². The van der Waals surface area contributed by atoms with E-state index in [1.165, 1.54) is 23.7 Å². The first kappa shape index (κ1) is 21.5. The number of hydrogen-bond acceptors (Lipinski definition) is 6. The number of tetrazole rings is 1. The standard InChI is InChI=1S/C17H12F5N5O2S/c1-9(15(28)23-14-7-2-10(18)8-13(14)19)30-16-24-25-26-27(16)11-3-5-12(6-4-11)29-17(20,21)22/h2-9H,1H3,(H,23,28). The topological polar surface area (TPSA) is 81.9 Å². The van der Waals surface area contributed by atoms with Crippen LogP contribution >= 0.6 is 11.8 Å². The fraction of sp³-hybridized carbons (Fsp3) is 0.176. The highest BCUT2D eigenvalue weighted by atomic mass is 32.2. The Labute approximate surface area is 170 Å². The molecule has 1 N–H and O–H groups in total. The van der Waals surface area contributed by atoms with Gasteiger partial charge in [0.05, 0.1) is 16.6 Å². The van der Waals surface area contributed by atoms with Crippen LogP contribution in [0.1, 0.15) is 6.92 Å². The molecule has 30 heavy (non-hydrogen) atoms. The maximum absolute atomic E-state index is 13.7. The van der Waals surface area contributed by atoms with Crippen molar-refractivity contribution in [2.24, 2.45) is 0 Å². The number of nitrogens with one attached hydrogen (secondary N) is 1. The highest BCUT2D eigenvalue weighted by Crippen LogP contribution is 2.27. The quantitative estimate of drug-likeness (QED) is 0.457. The first-order valence-corrected chi connectivity index (χ1v) is 9.07. The number of thioether (sulfide) groups is 1. The Hall–Kier alpha value is -3.22. The molecule has 0 spiro atoms. The van der Waals surface area contributed by atoms with Crippen LogP contribution in [0.2, 0.25) is 0 Å². The molecule has 1 aromatic heterocycles. The largest absolute Gasteiger partial charge is 0.573 e. The third kappa shape index (κ3) is 5.43. The molecule has 0 aliphatic rings. The van der Waals surface area contributed by atoms with Gasteiger partial charge in [0.25, 0.3) is 0 Å². The Morgan fingerprint density at radius 3 is 2.50 bits per heavy atom. The molecule has 3 aromatic rings. The second-order valence-electron chi connectivity index (χ2n) is 5.79. The first-order valence-electron chi connectivity index (χ1n) is 8.19. The second kappa shape index (κ2) is 8.65. The summed E-state index contributed by atoms with van der Waals surface area (Å²) < 4.78 is 68.4. The van der Waals surface area contributed by atoms with Crippen molar-refractivity contribution in [3.8, 4) is 11.4 Å². The van der Waals surface area contributed by atoms with Crippen molar-refractivity contribution in [3.63, 3.8) is 0 Å². The van der Waals surface area contributed by atoms with E-state index in [-0.39, 0.29) is 10.8 Å². The van der Waals surface area contributed by atoms with E-state index < -0.39 is 34.9 Å². The van der Waals surface area contributed by atoms with Crippen LogP contribution in [0, 0.1) is 11.6 Å². The number of carbonyl (C=O) groups is 1. The number of hydrogen-bond donors (Lipinski definition) is 1. The van der Waals surface area contributed by atoms with Crippen molar-refractivity contribution < 1.29 is 31.5 Å². The molecule has 158 valence electrons. The van der Waals surface area contributed by atoms with Crippen LogP contribution in [0.4, 0.5) is 27.6 Å². The number of benzene rings is 2. The smallest absolute Gasteiger partial charge is 0.406 e. The van der Waals surface area contributed by atoms with E-state index in [9.17, 15) is 26.7 Å². The van der Waals surface area contributed by atoms with Gasteiger partial charge in [-0.2, -0.15) is 4.68 Å². The summed E-state index contributed by atoms with van der Waals surface area (Å²) in [7, 11) is 0. The molecule has 3 rings (SSSR count). The maximum atomic E-state index is 13.7. The lowest BCUT2D eigenvalue weighted by atomic mass is 10.3. The van der Waals surface area contributed by atoms with Crippen LogP contribution in [-0.4, -0.2) is 37.7 Å². The average Bonchev–Trinajstić information content (AvgIpc) is 3.11. The highest BCUT2D eigenvalue weighted by Gasteiger charge is 2.31. The van der Waals surface area contributed by atoms with Crippen molar-refractivity contribution in [2.75, 3.05) is 5.32 Å². The summed E-state index contributed by atoms with van der Waals surface area (Å²) in [4.78, 5) is 12.3. The lowest BCUT2D eigenvalue weighted by molar-refractivity contribution is -0.274. The third-order valence-electron chi connectivity index (χ3n) is 3.60. The van der Waals surface area contributed by atoms with Crippen LogP contribution in [-0.2, 0) is 4.79 Å².